The van der Waals surface area contributed by atoms with Gasteiger partial charge < -0.3 is 5.32 Å². The predicted molar refractivity (Wildman–Crippen MR) is 95.4 cm³/mol. The molecule has 0 bridgehead atoms. The lowest BCUT2D eigenvalue weighted by atomic mass is 9.92. The number of benzene rings is 1. The summed E-state index contributed by atoms with van der Waals surface area (Å²) >= 11 is 4.42. The van der Waals surface area contributed by atoms with Crippen molar-refractivity contribution in [2.75, 3.05) is 0 Å². The Hall–Kier alpha value is -0.390. The van der Waals surface area contributed by atoms with Crippen molar-refractivity contribution in [2.45, 2.75) is 45.2 Å². The standard InChI is InChI=1S/C17H20INS/c1-11-6-3-4-7-13(11)12(2)19-15-8-5-9-16-14(15)10-17(18)20-16/h3-4,6-7,10,12,15,19H,5,8-9H2,1-2H3/t12-,15?/m1/s1. The van der Waals surface area contributed by atoms with Crippen LogP contribution in [0.2, 0.25) is 0 Å². The third-order valence-corrected chi connectivity index (χ3v) is 6.16. The fraction of sp³-hybridized carbons (Fsp3) is 0.412. The molecule has 1 heterocycles. The van der Waals surface area contributed by atoms with E-state index in [0.29, 0.717) is 12.1 Å². The van der Waals surface area contributed by atoms with Crippen LogP contribution in [-0.4, -0.2) is 0 Å². The summed E-state index contributed by atoms with van der Waals surface area (Å²) in [7, 11) is 0. The smallest absolute Gasteiger partial charge is 0.0659 e. The molecule has 1 aromatic heterocycles. The molecule has 1 unspecified atom stereocenters. The molecule has 1 nitrogen and oxygen atoms in total. The molecular formula is C17H20INS. The van der Waals surface area contributed by atoms with E-state index in [9.17, 15) is 0 Å². The van der Waals surface area contributed by atoms with Gasteiger partial charge in [-0.2, -0.15) is 0 Å². The van der Waals surface area contributed by atoms with Crippen LogP contribution >= 0.6 is 33.9 Å². The summed E-state index contributed by atoms with van der Waals surface area (Å²) in [4.78, 5) is 1.59. The maximum atomic E-state index is 3.85. The minimum absolute atomic E-state index is 0.407. The molecule has 0 aliphatic heterocycles. The van der Waals surface area contributed by atoms with Crippen LogP contribution in [0.25, 0.3) is 0 Å². The van der Waals surface area contributed by atoms with Crippen LogP contribution in [-0.2, 0) is 6.42 Å². The first-order valence-corrected chi connectivity index (χ1v) is 9.14. The van der Waals surface area contributed by atoms with Crippen molar-refractivity contribution in [1.82, 2.24) is 5.32 Å². The number of hydrogen-bond donors (Lipinski definition) is 1. The number of thiophene rings is 1. The van der Waals surface area contributed by atoms with E-state index in [2.05, 4.69) is 72.1 Å². The largest absolute Gasteiger partial charge is 0.303 e. The first-order chi connectivity index (χ1) is 9.65. The predicted octanol–water partition coefficient (Wildman–Crippen LogP) is 5.39. The van der Waals surface area contributed by atoms with E-state index in [1.54, 1.807) is 10.4 Å². The molecule has 0 fully saturated rings. The van der Waals surface area contributed by atoms with Gasteiger partial charge in [0.05, 0.1) is 2.88 Å². The first kappa shape index (κ1) is 14.5. The van der Waals surface area contributed by atoms with Gasteiger partial charge in [-0.1, -0.05) is 24.3 Å². The van der Waals surface area contributed by atoms with Crippen molar-refractivity contribution >= 4 is 33.9 Å². The molecule has 0 radical (unpaired) electrons. The fourth-order valence-corrected chi connectivity index (χ4v) is 5.28. The molecular weight excluding hydrogens is 377 g/mol. The lowest BCUT2D eigenvalue weighted by molar-refractivity contribution is 0.417. The van der Waals surface area contributed by atoms with Crippen LogP contribution in [0.5, 0.6) is 0 Å². The second-order valence-corrected chi connectivity index (χ2v) is 8.65. The Morgan fingerprint density at radius 1 is 1.35 bits per heavy atom. The van der Waals surface area contributed by atoms with Gasteiger partial charge in [0.1, 0.15) is 0 Å². The van der Waals surface area contributed by atoms with Gasteiger partial charge in [0.15, 0.2) is 0 Å². The van der Waals surface area contributed by atoms with Crippen LogP contribution in [0.15, 0.2) is 30.3 Å². The van der Waals surface area contributed by atoms with Gasteiger partial charge in [-0.05, 0) is 78.5 Å². The van der Waals surface area contributed by atoms with Crippen molar-refractivity contribution in [3.8, 4) is 0 Å². The van der Waals surface area contributed by atoms with Crippen molar-refractivity contribution in [3.05, 3.63) is 54.8 Å². The summed E-state index contributed by atoms with van der Waals surface area (Å²) in [6.07, 6.45) is 3.83. The average Bonchev–Trinajstić information content (AvgIpc) is 2.80. The monoisotopic (exact) mass is 397 g/mol. The highest BCUT2D eigenvalue weighted by Crippen LogP contribution is 2.37. The number of rotatable bonds is 3. The third-order valence-electron chi connectivity index (χ3n) is 4.19. The molecule has 106 valence electrons. The second kappa shape index (κ2) is 6.16. The van der Waals surface area contributed by atoms with Crippen molar-refractivity contribution in [2.24, 2.45) is 0 Å². The second-order valence-electron chi connectivity index (χ2n) is 5.62. The van der Waals surface area contributed by atoms with E-state index < -0.39 is 0 Å². The van der Waals surface area contributed by atoms with E-state index in [-0.39, 0.29) is 0 Å². The summed E-state index contributed by atoms with van der Waals surface area (Å²) in [6, 6.07) is 12.0. The van der Waals surface area contributed by atoms with Crippen LogP contribution in [0.4, 0.5) is 0 Å². The van der Waals surface area contributed by atoms with Crippen LogP contribution < -0.4 is 5.32 Å². The van der Waals surface area contributed by atoms with Crippen molar-refractivity contribution in [1.29, 1.82) is 0 Å². The Balaban J connectivity index is 1.80. The van der Waals surface area contributed by atoms with E-state index in [1.807, 2.05) is 11.3 Å². The third kappa shape index (κ3) is 2.95. The highest BCUT2D eigenvalue weighted by atomic mass is 127. The minimum Gasteiger partial charge on any atom is -0.303 e. The van der Waals surface area contributed by atoms with Crippen LogP contribution in [0, 0.1) is 9.81 Å². The molecule has 0 saturated carbocycles. The summed E-state index contributed by atoms with van der Waals surface area (Å²) in [5.74, 6) is 0. The molecule has 3 rings (SSSR count). The summed E-state index contributed by atoms with van der Waals surface area (Å²) in [5.41, 5.74) is 4.35. The van der Waals surface area contributed by atoms with Gasteiger partial charge >= 0.3 is 0 Å². The number of aryl methyl sites for hydroxylation is 2. The van der Waals surface area contributed by atoms with E-state index in [1.165, 1.54) is 33.3 Å². The number of fused-ring (bicyclic) bond motifs is 1. The average molecular weight is 397 g/mol. The van der Waals surface area contributed by atoms with Crippen LogP contribution in [0.3, 0.4) is 0 Å². The molecule has 1 aliphatic rings. The van der Waals surface area contributed by atoms with E-state index in [0.717, 1.165) is 0 Å². The van der Waals surface area contributed by atoms with Gasteiger partial charge in [0.25, 0.3) is 0 Å². The van der Waals surface area contributed by atoms with E-state index in [4.69, 9.17) is 0 Å². The van der Waals surface area contributed by atoms with Gasteiger partial charge in [0.2, 0.25) is 0 Å². The fourth-order valence-electron chi connectivity index (χ4n) is 3.16. The first-order valence-electron chi connectivity index (χ1n) is 7.25. The molecule has 1 N–H and O–H groups in total. The molecule has 2 aromatic rings. The van der Waals surface area contributed by atoms with Gasteiger partial charge in [-0.15, -0.1) is 11.3 Å². The topological polar surface area (TPSA) is 12.0 Å². The molecule has 3 heteroatoms. The highest BCUT2D eigenvalue weighted by molar-refractivity contribution is 14.1. The summed E-state index contributed by atoms with van der Waals surface area (Å²) < 4.78 is 1.42. The summed E-state index contributed by atoms with van der Waals surface area (Å²) in [6.45, 7) is 4.49. The molecule has 20 heavy (non-hydrogen) atoms. The molecule has 0 amide bonds. The van der Waals surface area contributed by atoms with Gasteiger partial charge in [-0.3, -0.25) is 0 Å². The zero-order chi connectivity index (χ0) is 14.1. The SMILES string of the molecule is Cc1ccccc1[C@@H](C)NC1CCCc2sc(I)cc21. The Morgan fingerprint density at radius 2 is 2.15 bits per heavy atom. The number of halogens is 1. The number of hydrogen-bond acceptors (Lipinski definition) is 2. The lowest BCUT2D eigenvalue weighted by Crippen LogP contribution is -2.27. The lowest BCUT2D eigenvalue weighted by Gasteiger charge is -2.28. The Morgan fingerprint density at radius 3 is 2.95 bits per heavy atom. The Kier molecular flexibility index (Phi) is 4.48. The van der Waals surface area contributed by atoms with Crippen LogP contribution in [0.1, 0.15) is 53.4 Å². The van der Waals surface area contributed by atoms with E-state index >= 15 is 0 Å². The molecule has 2 atom stereocenters. The highest BCUT2D eigenvalue weighted by Gasteiger charge is 2.24. The Bertz CT molecular complexity index is 605. The van der Waals surface area contributed by atoms with Gasteiger partial charge in [-0.25, -0.2) is 0 Å². The quantitative estimate of drug-likeness (QED) is 0.685. The zero-order valence-corrected chi connectivity index (χ0v) is 14.9. The van der Waals surface area contributed by atoms with Crippen molar-refractivity contribution < 1.29 is 0 Å². The molecule has 1 aromatic carbocycles. The molecule has 0 spiro atoms. The zero-order valence-electron chi connectivity index (χ0n) is 11.9. The normalized spacial score (nSPS) is 19.6. The minimum atomic E-state index is 0.407. The maximum absolute atomic E-state index is 3.85. The van der Waals surface area contributed by atoms with Gasteiger partial charge in [0, 0.05) is 17.0 Å². The molecule has 1 aliphatic carbocycles. The molecule has 0 saturated heterocycles. The number of nitrogens with one attached hydrogen (secondary N) is 1. The summed E-state index contributed by atoms with van der Waals surface area (Å²) in [5, 5.41) is 3.85. The maximum Gasteiger partial charge on any atom is 0.0659 e. The Labute approximate surface area is 138 Å². The van der Waals surface area contributed by atoms with Crippen molar-refractivity contribution in [3.63, 3.8) is 0 Å².